The van der Waals surface area contributed by atoms with Crippen LogP contribution in [0.1, 0.15) is 43.7 Å². The van der Waals surface area contributed by atoms with Crippen LogP contribution >= 0.6 is 15.9 Å². The molecule has 0 spiro atoms. The summed E-state index contributed by atoms with van der Waals surface area (Å²) in [6.45, 7) is 3.05. The number of benzene rings is 1. The monoisotopic (exact) mass is 395 g/mol. The zero-order valence-corrected chi connectivity index (χ0v) is 15.3. The molecule has 1 aliphatic carbocycles. The number of halogens is 1. The van der Waals surface area contributed by atoms with E-state index in [4.69, 9.17) is 0 Å². The molecule has 3 rings (SSSR count). The maximum absolute atomic E-state index is 12.5. The highest BCUT2D eigenvalue weighted by molar-refractivity contribution is 9.10. The Labute approximate surface area is 149 Å². The van der Waals surface area contributed by atoms with Gasteiger partial charge in [-0.1, -0.05) is 28.8 Å². The second-order valence-electron chi connectivity index (χ2n) is 6.67. The molecule has 1 aromatic rings. The van der Waals surface area contributed by atoms with Crippen LogP contribution in [-0.4, -0.2) is 34.4 Å². The first-order valence-electron chi connectivity index (χ1n) is 8.46. The standard InChI is InChI=1S/C17H22BrN3O3/c1-11(17(22)19-12-4-2-3-5-12)20-9-8-13-14(10-20)16(21(23)24)7-6-15(13)18/h6-7,11-12H,2-5,8-10H2,1H3,(H,19,22)/t11-/m1/s1. The molecule has 0 bridgehead atoms. The van der Waals surface area contributed by atoms with Gasteiger partial charge in [0.25, 0.3) is 5.69 Å². The summed E-state index contributed by atoms with van der Waals surface area (Å²) in [5.74, 6) is 0.0306. The molecule has 0 aromatic heterocycles. The number of nitrogens with zero attached hydrogens (tertiary/aromatic N) is 2. The van der Waals surface area contributed by atoms with Gasteiger partial charge in [0, 0.05) is 35.2 Å². The Morgan fingerprint density at radius 2 is 2.08 bits per heavy atom. The van der Waals surface area contributed by atoms with Gasteiger partial charge in [-0.3, -0.25) is 19.8 Å². The molecular weight excluding hydrogens is 374 g/mol. The molecule has 1 saturated carbocycles. The number of rotatable bonds is 4. The van der Waals surface area contributed by atoms with E-state index in [0.29, 0.717) is 19.0 Å². The van der Waals surface area contributed by atoms with E-state index in [1.807, 2.05) is 11.8 Å². The highest BCUT2D eigenvalue weighted by Gasteiger charge is 2.31. The fraction of sp³-hybridized carbons (Fsp3) is 0.588. The number of hydrogen-bond acceptors (Lipinski definition) is 4. The van der Waals surface area contributed by atoms with Gasteiger partial charge in [0.2, 0.25) is 5.91 Å². The highest BCUT2D eigenvalue weighted by atomic mass is 79.9. The van der Waals surface area contributed by atoms with E-state index in [2.05, 4.69) is 21.2 Å². The lowest BCUT2D eigenvalue weighted by molar-refractivity contribution is -0.385. The van der Waals surface area contributed by atoms with Gasteiger partial charge in [-0.25, -0.2) is 0 Å². The number of hydrogen-bond donors (Lipinski definition) is 1. The summed E-state index contributed by atoms with van der Waals surface area (Å²) in [5.41, 5.74) is 1.85. The molecule has 0 unspecified atom stereocenters. The van der Waals surface area contributed by atoms with Gasteiger partial charge in [-0.05, 0) is 37.8 Å². The number of carbonyl (C=O) groups is 1. The van der Waals surface area contributed by atoms with Crippen LogP contribution in [0.5, 0.6) is 0 Å². The molecule has 1 fully saturated rings. The van der Waals surface area contributed by atoms with Crippen molar-refractivity contribution in [2.45, 2.75) is 57.7 Å². The van der Waals surface area contributed by atoms with Crippen LogP contribution in [0.15, 0.2) is 16.6 Å². The Hall–Kier alpha value is -1.47. The molecule has 1 N–H and O–H groups in total. The first-order valence-corrected chi connectivity index (χ1v) is 9.25. The average Bonchev–Trinajstić information content (AvgIpc) is 3.06. The summed E-state index contributed by atoms with van der Waals surface area (Å²) < 4.78 is 0.908. The average molecular weight is 396 g/mol. The van der Waals surface area contributed by atoms with Gasteiger partial charge in [-0.2, -0.15) is 0 Å². The third-order valence-electron chi connectivity index (χ3n) is 5.18. The fourth-order valence-electron chi connectivity index (χ4n) is 3.70. The van der Waals surface area contributed by atoms with Crippen molar-refractivity contribution in [3.05, 3.63) is 37.8 Å². The molecule has 7 heteroatoms. The van der Waals surface area contributed by atoms with Crippen LogP contribution in [0.2, 0.25) is 0 Å². The molecule has 1 aliphatic heterocycles. The van der Waals surface area contributed by atoms with E-state index < -0.39 is 0 Å². The first-order chi connectivity index (χ1) is 11.5. The molecule has 0 radical (unpaired) electrons. The summed E-state index contributed by atoms with van der Waals surface area (Å²) in [7, 11) is 0. The molecule has 6 nitrogen and oxygen atoms in total. The van der Waals surface area contributed by atoms with Crippen molar-refractivity contribution in [1.29, 1.82) is 0 Å². The predicted molar refractivity (Wildman–Crippen MR) is 94.8 cm³/mol. The third kappa shape index (κ3) is 3.47. The Bertz CT molecular complexity index is 659. The lowest BCUT2D eigenvalue weighted by atomic mass is 9.97. The van der Waals surface area contributed by atoms with Crippen LogP contribution in [0, 0.1) is 10.1 Å². The fourth-order valence-corrected chi connectivity index (χ4v) is 4.27. The van der Waals surface area contributed by atoms with Gasteiger partial charge in [0.1, 0.15) is 0 Å². The minimum Gasteiger partial charge on any atom is -0.352 e. The summed E-state index contributed by atoms with van der Waals surface area (Å²) in [6.07, 6.45) is 5.17. The Balaban J connectivity index is 1.75. The zero-order valence-electron chi connectivity index (χ0n) is 13.8. The molecule has 1 amide bonds. The Morgan fingerprint density at radius 1 is 1.38 bits per heavy atom. The molecule has 130 valence electrons. The number of nitro groups is 1. The summed E-state index contributed by atoms with van der Waals surface area (Å²) in [6, 6.07) is 3.29. The predicted octanol–water partition coefficient (Wildman–Crippen LogP) is 3.16. The maximum atomic E-state index is 12.5. The lowest BCUT2D eigenvalue weighted by Gasteiger charge is -2.33. The third-order valence-corrected chi connectivity index (χ3v) is 5.93. The Kier molecular flexibility index (Phi) is 5.20. The van der Waals surface area contributed by atoms with Crippen molar-refractivity contribution < 1.29 is 9.72 Å². The number of carbonyl (C=O) groups excluding carboxylic acids is 1. The summed E-state index contributed by atoms with van der Waals surface area (Å²) >= 11 is 3.49. The minimum absolute atomic E-state index is 0.0306. The largest absolute Gasteiger partial charge is 0.352 e. The molecule has 1 aromatic carbocycles. The van der Waals surface area contributed by atoms with Crippen molar-refractivity contribution in [3.63, 3.8) is 0 Å². The van der Waals surface area contributed by atoms with Gasteiger partial charge >= 0.3 is 0 Å². The van der Waals surface area contributed by atoms with E-state index in [0.717, 1.165) is 35.0 Å². The highest BCUT2D eigenvalue weighted by Crippen LogP contribution is 2.34. The minimum atomic E-state index is -0.335. The smallest absolute Gasteiger partial charge is 0.274 e. The van der Waals surface area contributed by atoms with Crippen molar-refractivity contribution in [3.8, 4) is 0 Å². The number of nitro benzene ring substituents is 1. The van der Waals surface area contributed by atoms with Gasteiger partial charge in [0.05, 0.1) is 11.0 Å². The maximum Gasteiger partial charge on any atom is 0.274 e. The normalized spacial score (nSPS) is 19.8. The van der Waals surface area contributed by atoms with Gasteiger partial charge < -0.3 is 5.32 Å². The first kappa shape index (κ1) is 17.4. The van der Waals surface area contributed by atoms with Crippen molar-refractivity contribution in [2.24, 2.45) is 0 Å². The molecule has 1 heterocycles. The van der Waals surface area contributed by atoms with Crippen LogP contribution < -0.4 is 5.32 Å². The number of nitrogens with one attached hydrogen (secondary N) is 1. The van der Waals surface area contributed by atoms with Gasteiger partial charge in [0.15, 0.2) is 0 Å². The van der Waals surface area contributed by atoms with E-state index in [9.17, 15) is 14.9 Å². The quantitative estimate of drug-likeness (QED) is 0.627. The molecule has 1 atom stereocenters. The number of fused-ring (bicyclic) bond motifs is 1. The summed E-state index contributed by atoms with van der Waals surface area (Å²) in [5, 5.41) is 14.4. The molecule has 0 saturated heterocycles. The number of amides is 1. The van der Waals surface area contributed by atoms with Crippen LogP contribution in [0.4, 0.5) is 5.69 Å². The van der Waals surface area contributed by atoms with Crippen LogP contribution in [0.25, 0.3) is 0 Å². The molecular formula is C17H22BrN3O3. The van der Waals surface area contributed by atoms with E-state index in [1.165, 1.54) is 18.9 Å². The zero-order chi connectivity index (χ0) is 17.3. The van der Waals surface area contributed by atoms with Crippen molar-refractivity contribution >= 4 is 27.5 Å². The Morgan fingerprint density at radius 3 is 2.75 bits per heavy atom. The second-order valence-corrected chi connectivity index (χ2v) is 7.52. The van der Waals surface area contributed by atoms with Crippen molar-refractivity contribution in [1.82, 2.24) is 10.2 Å². The summed E-state index contributed by atoms with van der Waals surface area (Å²) in [4.78, 5) is 25.5. The van der Waals surface area contributed by atoms with Gasteiger partial charge in [-0.15, -0.1) is 0 Å². The molecule has 24 heavy (non-hydrogen) atoms. The topological polar surface area (TPSA) is 75.5 Å². The van der Waals surface area contributed by atoms with E-state index >= 15 is 0 Å². The van der Waals surface area contributed by atoms with Crippen molar-refractivity contribution in [2.75, 3.05) is 6.54 Å². The van der Waals surface area contributed by atoms with E-state index in [-0.39, 0.29) is 22.6 Å². The van der Waals surface area contributed by atoms with Crippen LogP contribution in [0.3, 0.4) is 0 Å². The van der Waals surface area contributed by atoms with Crippen LogP contribution in [-0.2, 0) is 17.8 Å². The molecule has 2 aliphatic rings. The second kappa shape index (κ2) is 7.19. The van der Waals surface area contributed by atoms with E-state index in [1.54, 1.807) is 6.07 Å². The SMILES string of the molecule is C[C@H](C(=O)NC1CCCC1)N1CCc2c(Br)ccc([N+](=O)[O-])c2C1. The lowest BCUT2D eigenvalue weighted by Crippen LogP contribution is -2.49.